The monoisotopic (exact) mass is 233 g/mol. The normalized spacial score (nSPS) is 13.5. The Hall–Kier alpha value is -1.15. The zero-order valence-electron chi connectivity index (χ0n) is 11.7. The standard InChI is InChI=1S/C15H23NO/c1-10-7-8-12(15(3,4)5)9-13(10)14(17)11(2)16-6/h7-9,11,16H,1-6H3. The predicted molar refractivity (Wildman–Crippen MR) is 72.7 cm³/mol. The molecule has 2 heteroatoms. The maximum atomic E-state index is 12.2. The van der Waals surface area contributed by atoms with Gasteiger partial charge in [-0.3, -0.25) is 4.79 Å². The highest BCUT2D eigenvalue weighted by molar-refractivity contribution is 6.01. The first-order valence-electron chi connectivity index (χ1n) is 6.10. The molecular weight excluding hydrogens is 210 g/mol. The molecule has 0 radical (unpaired) electrons. The van der Waals surface area contributed by atoms with Crippen molar-refractivity contribution >= 4 is 5.78 Å². The molecule has 0 aliphatic rings. The molecule has 1 atom stereocenters. The summed E-state index contributed by atoms with van der Waals surface area (Å²) in [7, 11) is 1.81. The van der Waals surface area contributed by atoms with Crippen LogP contribution in [0, 0.1) is 6.92 Å². The summed E-state index contributed by atoms with van der Waals surface area (Å²) in [5.41, 5.74) is 3.16. The van der Waals surface area contributed by atoms with Crippen molar-refractivity contribution in [2.24, 2.45) is 0 Å². The summed E-state index contributed by atoms with van der Waals surface area (Å²) in [5, 5.41) is 3.00. The number of ketones is 1. The van der Waals surface area contributed by atoms with Crippen LogP contribution in [0.2, 0.25) is 0 Å². The van der Waals surface area contributed by atoms with Gasteiger partial charge >= 0.3 is 0 Å². The van der Waals surface area contributed by atoms with Crippen LogP contribution in [0.25, 0.3) is 0 Å². The van der Waals surface area contributed by atoms with Crippen molar-refractivity contribution in [2.75, 3.05) is 7.05 Å². The van der Waals surface area contributed by atoms with Crippen LogP contribution in [0.4, 0.5) is 0 Å². The molecule has 1 aromatic rings. The lowest BCUT2D eigenvalue weighted by molar-refractivity contribution is 0.0954. The van der Waals surface area contributed by atoms with E-state index in [1.54, 1.807) is 0 Å². The van der Waals surface area contributed by atoms with Crippen molar-refractivity contribution in [1.82, 2.24) is 5.32 Å². The fraction of sp³-hybridized carbons (Fsp3) is 0.533. The van der Waals surface area contributed by atoms with Gasteiger partial charge in [-0.1, -0.05) is 32.9 Å². The van der Waals surface area contributed by atoms with Gasteiger partial charge in [0.05, 0.1) is 6.04 Å². The Morgan fingerprint density at radius 2 is 1.88 bits per heavy atom. The Morgan fingerprint density at radius 1 is 1.29 bits per heavy atom. The average Bonchev–Trinajstić information content (AvgIpc) is 2.26. The van der Waals surface area contributed by atoms with Gasteiger partial charge in [0.25, 0.3) is 0 Å². The zero-order chi connectivity index (χ0) is 13.2. The molecule has 1 N–H and O–H groups in total. The van der Waals surface area contributed by atoms with E-state index in [0.29, 0.717) is 0 Å². The minimum atomic E-state index is -0.135. The van der Waals surface area contributed by atoms with Gasteiger partial charge in [0, 0.05) is 5.56 Å². The molecule has 0 heterocycles. The molecule has 0 saturated carbocycles. The van der Waals surface area contributed by atoms with Crippen LogP contribution in [0.3, 0.4) is 0 Å². The molecule has 0 saturated heterocycles. The van der Waals surface area contributed by atoms with Gasteiger partial charge in [-0.15, -0.1) is 0 Å². The second kappa shape index (κ2) is 5.01. The minimum absolute atomic E-state index is 0.0750. The van der Waals surface area contributed by atoms with Crippen LogP contribution in [-0.2, 0) is 5.41 Å². The number of Topliss-reactive ketones (excluding diaryl/α,β-unsaturated/α-hetero) is 1. The Bertz CT molecular complexity index is 415. The van der Waals surface area contributed by atoms with Gasteiger partial charge in [0.2, 0.25) is 0 Å². The van der Waals surface area contributed by atoms with Crippen LogP contribution in [0.15, 0.2) is 18.2 Å². The third-order valence-corrected chi connectivity index (χ3v) is 3.20. The van der Waals surface area contributed by atoms with E-state index in [4.69, 9.17) is 0 Å². The first kappa shape index (κ1) is 13.9. The number of benzene rings is 1. The molecule has 0 amide bonds. The number of carbonyl (C=O) groups excluding carboxylic acids is 1. The number of nitrogens with one attached hydrogen (secondary N) is 1. The van der Waals surface area contributed by atoms with Gasteiger partial charge < -0.3 is 5.32 Å². The maximum absolute atomic E-state index is 12.2. The summed E-state index contributed by atoms with van der Waals surface area (Å²) < 4.78 is 0. The molecule has 0 spiro atoms. The molecule has 2 nitrogen and oxygen atoms in total. The number of likely N-dealkylation sites (N-methyl/N-ethyl adjacent to an activating group) is 1. The van der Waals surface area contributed by atoms with Gasteiger partial charge in [-0.2, -0.15) is 0 Å². The summed E-state index contributed by atoms with van der Waals surface area (Å²) in [6.07, 6.45) is 0. The van der Waals surface area contributed by atoms with Crippen LogP contribution in [0.5, 0.6) is 0 Å². The molecule has 0 bridgehead atoms. The Labute approximate surface area is 104 Å². The lowest BCUT2D eigenvalue weighted by atomic mass is 9.84. The molecule has 1 unspecified atom stereocenters. The van der Waals surface area contributed by atoms with Gasteiger partial charge in [-0.05, 0) is 43.5 Å². The van der Waals surface area contributed by atoms with Crippen molar-refractivity contribution in [3.05, 3.63) is 34.9 Å². The first-order valence-corrected chi connectivity index (χ1v) is 6.10. The van der Waals surface area contributed by atoms with E-state index in [-0.39, 0.29) is 17.2 Å². The molecule has 0 aromatic heterocycles. The van der Waals surface area contributed by atoms with Gasteiger partial charge in [0.15, 0.2) is 5.78 Å². The number of carbonyl (C=O) groups is 1. The number of rotatable bonds is 3. The lowest BCUT2D eigenvalue weighted by Crippen LogP contribution is -2.31. The predicted octanol–water partition coefficient (Wildman–Crippen LogP) is 3.08. The summed E-state index contributed by atoms with van der Waals surface area (Å²) in [6, 6.07) is 6.04. The van der Waals surface area contributed by atoms with E-state index in [1.165, 1.54) is 5.56 Å². The van der Waals surface area contributed by atoms with Gasteiger partial charge in [0.1, 0.15) is 0 Å². The van der Waals surface area contributed by atoms with E-state index < -0.39 is 0 Å². The second-order valence-electron chi connectivity index (χ2n) is 5.65. The van der Waals surface area contributed by atoms with E-state index in [0.717, 1.165) is 11.1 Å². The maximum Gasteiger partial charge on any atom is 0.179 e. The van der Waals surface area contributed by atoms with E-state index in [9.17, 15) is 4.79 Å². The van der Waals surface area contributed by atoms with E-state index >= 15 is 0 Å². The Kier molecular flexibility index (Phi) is 4.10. The van der Waals surface area contributed by atoms with Crippen LogP contribution in [0.1, 0.15) is 49.2 Å². The molecule has 0 aliphatic heterocycles. The molecular formula is C15H23NO. The van der Waals surface area contributed by atoms with Crippen molar-refractivity contribution in [3.63, 3.8) is 0 Å². The molecule has 17 heavy (non-hydrogen) atoms. The fourth-order valence-electron chi connectivity index (χ4n) is 1.72. The quantitative estimate of drug-likeness (QED) is 0.813. The Balaban J connectivity index is 3.20. The molecule has 0 fully saturated rings. The van der Waals surface area contributed by atoms with Crippen molar-refractivity contribution < 1.29 is 4.79 Å². The third kappa shape index (κ3) is 3.16. The number of hydrogen-bond acceptors (Lipinski definition) is 2. The zero-order valence-corrected chi connectivity index (χ0v) is 11.7. The lowest BCUT2D eigenvalue weighted by Gasteiger charge is -2.21. The summed E-state index contributed by atoms with van der Waals surface area (Å²) >= 11 is 0. The average molecular weight is 233 g/mol. The highest BCUT2D eigenvalue weighted by Gasteiger charge is 2.19. The Morgan fingerprint density at radius 3 is 2.35 bits per heavy atom. The third-order valence-electron chi connectivity index (χ3n) is 3.20. The summed E-state index contributed by atoms with van der Waals surface area (Å²) in [5.74, 6) is 0.163. The van der Waals surface area contributed by atoms with E-state index in [1.807, 2.05) is 33.0 Å². The topological polar surface area (TPSA) is 29.1 Å². The number of hydrogen-bond donors (Lipinski definition) is 1. The smallest absolute Gasteiger partial charge is 0.179 e. The molecule has 1 rings (SSSR count). The SMILES string of the molecule is CNC(C)C(=O)c1cc(C(C)(C)C)ccc1C. The highest BCUT2D eigenvalue weighted by atomic mass is 16.1. The summed E-state index contributed by atoms with van der Waals surface area (Å²) in [4.78, 5) is 12.2. The fourth-order valence-corrected chi connectivity index (χ4v) is 1.72. The van der Waals surface area contributed by atoms with Crippen LogP contribution >= 0.6 is 0 Å². The molecule has 1 aromatic carbocycles. The van der Waals surface area contributed by atoms with Crippen LogP contribution < -0.4 is 5.32 Å². The van der Waals surface area contributed by atoms with Gasteiger partial charge in [-0.25, -0.2) is 0 Å². The van der Waals surface area contributed by atoms with Crippen LogP contribution in [-0.4, -0.2) is 18.9 Å². The first-order chi connectivity index (χ1) is 7.77. The molecule has 94 valence electrons. The highest BCUT2D eigenvalue weighted by Crippen LogP contribution is 2.25. The van der Waals surface area contributed by atoms with Crippen molar-refractivity contribution in [2.45, 2.75) is 46.1 Å². The second-order valence-corrected chi connectivity index (χ2v) is 5.65. The van der Waals surface area contributed by atoms with E-state index in [2.05, 4.69) is 32.2 Å². The largest absolute Gasteiger partial charge is 0.310 e. The van der Waals surface area contributed by atoms with Crippen molar-refractivity contribution in [3.8, 4) is 0 Å². The summed E-state index contributed by atoms with van der Waals surface area (Å²) in [6.45, 7) is 10.4. The minimum Gasteiger partial charge on any atom is -0.310 e. The molecule has 0 aliphatic carbocycles. The number of aryl methyl sites for hydroxylation is 1. The van der Waals surface area contributed by atoms with Crippen molar-refractivity contribution in [1.29, 1.82) is 0 Å².